The first-order valence-corrected chi connectivity index (χ1v) is 8.02. The molecule has 0 aromatic heterocycles. The first kappa shape index (κ1) is 14.4. The highest BCUT2D eigenvalue weighted by molar-refractivity contribution is 5.99. The maximum atomic E-state index is 13.9. The first-order chi connectivity index (χ1) is 11.1. The lowest BCUT2D eigenvalue weighted by atomic mass is 9.86. The van der Waals surface area contributed by atoms with Gasteiger partial charge in [-0.3, -0.25) is 0 Å². The molecule has 0 saturated heterocycles. The molecule has 0 aliphatic carbocycles. The zero-order chi connectivity index (χ0) is 16.0. The van der Waals surface area contributed by atoms with Gasteiger partial charge in [-0.2, -0.15) is 0 Å². The van der Waals surface area contributed by atoms with E-state index in [9.17, 15) is 4.39 Å². The topological polar surface area (TPSA) is 9.23 Å². The van der Waals surface area contributed by atoms with Crippen molar-refractivity contribution in [3.63, 3.8) is 0 Å². The van der Waals surface area contributed by atoms with Gasteiger partial charge in [0, 0.05) is 0 Å². The Labute approximate surface area is 135 Å². The Balaban J connectivity index is 2.11. The minimum Gasteiger partial charge on any atom is -0.376 e. The number of ether oxygens (including phenoxy) is 1. The standard InChI is InChI=1S/C21H19FO/c1-13-7-14(2)9-16(8-13)21-19-5-6-23-12-17(19)10-15-3-4-18(22)11-20(15)21/h3-4,7-11H,5-6,12H2,1-2H3. The Morgan fingerprint density at radius 2 is 1.74 bits per heavy atom. The molecule has 0 atom stereocenters. The van der Waals surface area contributed by atoms with Crippen molar-refractivity contribution in [2.75, 3.05) is 6.61 Å². The van der Waals surface area contributed by atoms with Gasteiger partial charge in [0.05, 0.1) is 13.2 Å². The van der Waals surface area contributed by atoms with Gasteiger partial charge in [-0.15, -0.1) is 0 Å². The number of hydrogen-bond acceptors (Lipinski definition) is 1. The summed E-state index contributed by atoms with van der Waals surface area (Å²) in [5.74, 6) is -0.185. The van der Waals surface area contributed by atoms with Crippen LogP contribution in [0.5, 0.6) is 0 Å². The minimum atomic E-state index is -0.185. The van der Waals surface area contributed by atoms with Gasteiger partial charge in [0.2, 0.25) is 0 Å². The third kappa shape index (κ3) is 2.53. The molecule has 116 valence electrons. The van der Waals surface area contributed by atoms with Crippen LogP contribution in [0.3, 0.4) is 0 Å². The molecule has 0 unspecified atom stereocenters. The maximum Gasteiger partial charge on any atom is 0.123 e. The number of benzene rings is 3. The van der Waals surface area contributed by atoms with Crippen molar-refractivity contribution in [3.8, 4) is 11.1 Å². The molecule has 0 saturated carbocycles. The van der Waals surface area contributed by atoms with Gasteiger partial charge < -0.3 is 4.74 Å². The van der Waals surface area contributed by atoms with Crippen molar-refractivity contribution >= 4 is 10.8 Å². The number of rotatable bonds is 1. The monoisotopic (exact) mass is 306 g/mol. The van der Waals surface area contributed by atoms with Crippen molar-refractivity contribution < 1.29 is 9.13 Å². The molecule has 2 heteroatoms. The van der Waals surface area contributed by atoms with E-state index >= 15 is 0 Å². The molecule has 0 N–H and O–H groups in total. The third-order valence-corrected chi connectivity index (χ3v) is 4.57. The van der Waals surface area contributed by atoms with E-state index in [0.717, 1.165) is 23.8 Å². The van der Waals surface area contributed by atoms with Crippen molar-refractivity contribution in [3.05, 3.63) is 70.5 Å². The molecule has 0 radical (unpaired) electrons. The number of halogens is 1. The second-order valence-corrected chi connectivity index (χ2v) is 6.43. The zero-order valence-corrected chi connectivity index (χ0v) is 13.4. The molecule has 0 spiro atoms. The van der Waals surface area contributed by atoms with E-state index in [1.165, 1.54) is 39.4 Å². The normalized spacial score (nSPS) is 14.0. The summed E-state index contributed by atoms with van der Waals surface area (Å²) in [5, 5.41) is 2.07. The summed E-state index contributed by atoms with van der Waals surface area (Å²) in [7, 11) is 0. The highest BCUT2D eigenvalue weighted by Crippen LogP contribution is 2.37. The van der Waals surface area contributed by atoms with Crippen LogP contribution in [0.1, 0.15) is 22.3 Å². The molecule has 1 aliphatic heterocycles. The van der Waals surface area contributed by atoms with Gasteiger partial charge >= 0.3 is 0 Å². The van der Waals surface area contributed by atoms with Crippen molar-refractivity contribution in [1.29, 1.82) is 0 Å². The average molecular weight is 306 g/mol. The molecule has 3 aromatic carbocycles. The molecule has 1 heterocycles. The number of aryl methyl sites for hydroxylation is 2. The van der Waals surface area contributed by atoms with Crippen LogP contribution in [0.25, 0.3) is 21.9 Å². The minimum absolute atomic E-state index is 0.185. The largest absolute Gasteiger partial charge is 0.376 e. The fraction of sp³-hybridized carbons (Fsp3) is 0.238. The van der Waals surface area contributed by atoms with Gasteiger partial charge in [0.15, 0.2) is 0 Å². The van der Waals surface area contributed by atoms with Crippen LogP contribution in [0, 0.1) is 19.7 Å². The maximum absolute atomic E-state index is 13.9. The molecule has 0 amide bonds. The Kier molecular flexibility index (Phi) is 3.42. The van der Waals surface area contributed by atoms with Crippen LogP contribution in [-0.4, -0.2) is 6.61 Å². The molecule has 0 fully saturated rings. The lowest BCUT2D eigenvalue weighted by Gasteiger charge is -2.23. The SMILES string of the molecule is Cc1cc(C)cc(-c2c3c(cc4ccc(F)cc24)COCC3)c1. The van der Waals surface area contributed by atoms with Gasteiger partial charge in [0.1, 0.15) is 5.82 Å². The van der Waals surface area contributed by atoms with E-state index in [1.54, 1.807) is 6.07 Å². The second-order valence-electron chi connectivity index (χ2n) is 6.43. The van der Waals surface area contributed by atoms with Gasteiger partial charge in [0.25, 0.3) is 0 Å². The first-order valence-electron chi connectivity index (χ1n) is 8.02. The molecule has 1 aliphatic rings. The van der Waals surface area contributed by atoms with Crippen molar-refractivity contribution in [1.82, 2.24) is 0 Å². The van der Waals surface area contributed by atoms with E-state index < -0.39 is 0 Å². The Morgan fingerprint density at radius 3 is 2.52 bits per heavy atom. The molecule has 4 rings (SSSR count). The summed E-state index contributed by atoms with van der Waals surface area (Å²) < 4.78 is 19.5. The van der Waals surface area contributed by atoms with Crippen LogP contribution < -0.4 is 0 Å². The van der Waals surface area contributed by atoms with Crippen molar-refractivity contribution in [2.24, 2.45) is 0 Å². The third-order valence-electron chi connectivity index (χ3n) is 4.57. The van der Waals surface area contributed by atoms with E-state index in [-0.39, 0.29) is 5.82 Å². The Morgan fingerprint density at radius 1 is 0.957 bits per heavy atom. The average Bonchev–Trinajstić information content (AvgIpc) is 2.51. The molecule has 1 nitrogen and oxygen atoms in total. The fourth-order valence-corrected chi connectivity index (χ4v) is 3.69. The Bertz CT molecular complexity index is 891. The lowest BCUT2D eigenvalue weighted by Crippen LogP contribution is -2.11. The quantitative estimate of drug-likeness (QED) is 0.590. The highest BCUT2D eigenvalue weighted by Gasteiger charge is 2.19. The van der Waals surface area contributed by atoms with Crippen LogP contribution in [0.2, 0.25) is 0 Å². The van der Waals surface area contributed by atoms with E-state index in [2.05, 4.69) is 38.1 Å². The summed E-state index contributed by atoms with van der Waals surface area (Å²) in [4.78, 5) is 0. The summed E-state index contributed by atoms with van der Waals surface area (Å²) in [6, 6.07) is 13.8. The second kappa shape index (κ2) is 5.47. The van der Waals surface area contributed by atoms with Gasteiger partial charge in [-0.1, -0.05) is 35.4 Å². The molecular formula is C21H19FO. The molecular weight excluding hydrogens is 287 g/mol. The summed E-state index contributed by atoms with van der Waals surface area (Å²) in [6.45, 7) is 5.58. The smallest absolute Gasteiger partial charge is 0.123 e. The predicted molar refractivity (Wildman–Crippen MR) is 92.2 cm³/mol. The highest BCUT2D eigenvalue weighted by atomic mass is 19.1. The summed E-state index contributed by atoms with van der Waals surface area (Å²) >= 11 is 0. The Hall–Kier alpha value is -2.19. The van der Waals surface area contributed by atoms with Crippen molar-refractivity contribution in [2.45, 2.75) is 26.9 Å². The lowest BCUT2D eigenvalue weighted by molar-refractivity contribution is 0.111. The van der Waals surface area contributed by atoms with Crippen LogP contribution >= 0.6 is 0 Å². The van der Waals surface area contributed by atoms with E-state index in [4.69, 9.17) is 4.74 Å². The molecule has 0 bridgehead atoms. The zero-order valence-electron chi connectivity index (χ0n) is 13.4. The van der Waals surface area contributed by atoms with Crippen LogP contribution in [0.15, 0.2) is 42.5 Å². The summed E-state index contributed by atoms with van der Waals surface area (Å²) in [6.07, 6.45) is 0.879. The van der Waals surface area contributed by atoms with Gasteiger partial charge in [-0.25, -0.2) is 4.39 Å². The van der Waals surface area contributed by atoms with Gasteiger partial charge in [-0.05, 0) is 71.5 Å². The molecule has 23 heavy (non-hydrogen) atoms. The van der Waals surface area contributed by atoms with Crippen LogP contribution in [-0.2, 0) is 17.8 Å². The van der Waals surface area contributed by atoms with Crippen LogP contribution in [0.4, 0.5) is 4.39 Å². The summed E-state index contributed by atoms with van der Waals surface area (Å²) in [5.41, 5.74) is 7.34. The predicted octanol–water partition coefficient (Wildman–Crippen LogP) is 5.34. The molecule has 3 aromatic rings. The number of hydrogen-bond donors (Lipinski definition) is 0. The fourth-order valence-electron chi connectivity index (χ4n) is 3.69. The number of fused-ring (bicyclic) bond motifs is 2. The van der Waals surface area contributed by atoms with E-state index in [1.807, 2.05) is 6.07 Å². The van der Waals surface area contributed by atoms with E-state index in [0.29, 0.717) is 6.61 Å².